The topological polar surface area (TPSA) is 115 Å². The van der Waals surface area contributed by atoms with Crippen LogP contribution < -0.4 is 16.4 Å². The highest BCUT2D eigenvalue weighted by atomic mass is 35.5. The number of fused-ring (bicyclic) bond motifs is 1. The molecule has 1 aliphatic rings. The molecule has 0 saturated carbocycles. The SMILES string of the molecule is COCCC(=O)O.N/C=C\C(=C/N)c1cc(N2CCCC2)nc2c(Cl)c(Cl)ccc12. The molecular formula is C21H26Cl2N4O3. The zero-order valence-electron chi connectivity index (χ0n) is 16.8. The number of aromatic nitrogens is 1. The quantitative estimate of drug-likeness (QED) is 0.566. The third-order valence-electron chi connectivity index (χ3n) is 4.58. The van der Waals surface area contributed by atoms with Crippen LogP contribution in [0.4, 0.5) is 5.82 Å². The molecule has 1 aliphatic heterocycles. The van der Waals surface area contributed by atoms with E-state index in [9.17, 15) is 4.79 Å². The second kappa shape index (κ2) is 11.6. The molecule has 3 rings (SSSR count). The number of rotatable bonds is 6. The molecule has 1 saturated heterocycles. The van der Waals surface area contributed by atoms with Gasteiger partial charge >= 0.3 is 5.97 Å². The number of aliphatic carboxylic acids is 1. The highest BCUT2D eigenvalue weighted by molar-refractivity contribution is 6.45. The molecule has 2 heterocycles. The predicted molar refractivity (Wildman–Crippen MR) is 123 cm³/mol. The van der Waals surface area contributed by atoms with Gasteiger partial charge in [-0.05, 0) is 48.4 Å². The predicted octanol–water partition coefficient (Wildman–Crippen LogP) is 4.02. The van der Waals surface area contributed by atoms with Crippen molar-refractivity contribution in [2.45, 2.75) is 19.3 Å². The minimum atomic E-state index is -0.818. The number of halogens is 2. The summed E-state index contributed by atoms with van der Waals surface area (Å²) in [5, 5.41) is 9.81. The Bertz CT molecular complexity index is 941. The van der Waals surface area contributed by atoms with Gasteiger partial charge in [-0.1, -0.05) is 29.3 Å². The number of hydrogen-bond donors (Lipinski definition) is 3. The second-order valence-electron chi connectivity index (χ2n) is 6.60. The van der Waals surface area contributed by atoms with Crippen LogP contribution in [-0.2, 0) is 9.53 Å². The van der Waals surface area contributed by atoms with Crippen LogP contribution in [0.1, 0.15) is 24.8 Å². The zero-order valence-corrected chi connectivity index (χ0v) is 18.3. The zero-order chi connectivity index (χ0) is 22.1. The van der Waals surface area contributed by atoms with Gasteiger partial charge in [0.25, 0.3) is 0 Å². The lowest BCUT2D eigenvalue weighted by atomic mass is 10.0. The van der Waals surface area contributed by atoms with Crippen molar-refractivity contribution >= 4 is 51.5 Å². The van der Waals surface area contributed by atoms with Gasteiger partial charge in [0.1, 0.15) is 5.82 Å². The second-order valence-corrected chi connectivity index (χ2v) is 7.38. The van der Waals surface area contributed by atoms with Crippen LogP contribution in [0.5, 0.6) is 0 Å². The van der Waals surface area contributed by atoms with Gasteiger partial charge in [-0.15, -0.1) is 0 Å². The molecule has 0 atom stereocenters. The number of pyridine rings is 1. The standard InChI is InChI=1S/C17H18Cl2N4.C4H8O3/c18-14-4-3-12-13(11(10-21)5-6-20)9-15(22-17(12)16(14)19)23-7-1-2-8-23;1-7-3-2-4(5)6/h3-6,9-10H,1-2,7-8,20-21H2;2-3H2,1H3,(H,5,6)/b6-5-,11-10+;. The maximum atomic E-state index is 9.68. The molecule has 0 bridgehead atoms. The van der Waals surface area contributed by atoms with E-state index in [-0.39, 0.29) is 6.42 Å². The monoisotopic (exact) mass is 452 g/mol. The van der Waals surface area contributed by atoms with E-state index in [1.807, 2.05) is 12.1 Å². The Hall–Kier alpha value is -2.48. The first-order valence-corrected chi connectivity index (χ1v) is 10.2. The number of ether oxygens (including phenoxy) is 1. The molecule has 2 aromatic rings. The van der Waals surface area contributed by atoms with Crippen LogP contribution in [0, 0.1) is 0 Å². The number of carbonyl (C=O) groups is 1. The number of benzene rings is 1. The van der Waals surface area contributed by atoms with Crippen LogP contribution >= 0.6 is 23.2 Å². The molecule has 1 fully saturated rings. The first-order chi connectivity index (χ1) is 14.4. The minimum Gasteiger partial charge on any atom is -0.481 e. The summed E-state index contributed by atoms with van der Waals surface area (Å²) in [5.41, 5.74) is 13.8. The number of hydrogen-bond acceptors (Lipinski definition) is 6. The van der Waals surface area contributed by atoms with Gasteiger partial charge < -0.3 is 26.2 Å². The molecule has 162 valence electrons. The molecule has 0 unspecified atom stereocenters. The van der Waals surface area contributed by atoms with E-state index in [0.717, 1.165) is 35.4 Å². The molecule has 0 amide bonds. The molecule has 7 nitrogen and oxygen atoms in total. The number of carboxylic acid groups (broad SMARTS) is 1. The summed E-state index contributed by atoms with van der Waals surface area (Å²) < 4.78 is 4.47. The summed E-state index contributed by atoms with van der Waals surface area (Å²) in [5.74, 6) is 0.0702. The van der Waals surface area contributed by atoms with Crippen molar-refractivity contribution in [2.75, 3.05) is 31.7 Å². The Kier molecular flexibility index (Phi) is 9.23. The number of nitrogens with zero attached hydrogens (tertiary/aromatic N) is 2. The Morgan fingerprint density at radius 1 is 1.30 bits per heavy atom. The van der Waals surface area contributed by atoms with E-state index in [1.165, 1.54) is 32.4 Å². The summed E-state index contributed by atoms with van der Waals surface area (Å²) in [6.07, 6.45) is 7.20. The lowest BCUT2D eigenvalue weighted by Crippen LogP contribution is -2.19. The van der Waals surface area contributed by atoms with Crippen molar-refractivity contribution in [2.24, 2.45) is 11.5 Å². The van der Waals surface area contributed by atoms with Gasteiger partial charge in [0.15, 0.2) is 0 Å². The molecule has 5 N–H and O–H groups in total. The fourth-order valence-corrected chi connectivity index (χ4v) is 3.46. The summed E-state index contributed by atoms with van der Waals surface area (Å²) >= 11 is 12.6. The summed E-state index contributed by atoms with van der Waals surface area (Å²) in [6.45, 7) is 2.28. The number of allylic oxidation sites excluding steroid dienone is 2. The van der Waals surface area contributed by atoms with Gasteiger partial charge in [-0.3, -0.25) is 4.79 Å². The molecule has 0 spiro atoms. The van der Waals surface area contributed by atoms with Crippen LogP contribution in [0.25, 0.3) is 16.5 Å². The highest BCUT2D eigenvalue weighted by Gasteiger charge is 2.18. The molecule has 30 heavy (non-hydrogen) atoms. The van der Waals surface area contributed by atoms with Gasteiger partial charge in [0.2, 0.25) is 0 Å². The summed E-state index contributed by atoms with van der Waals surface area (Å²) in [6, 6.07) is 5.72. The van der Waals surface area contributed by atoms with Crippen LogP contribution in [0.15, 0.2) is 36.7 Å². The summed E-state index contributed by atoms with van der Waals surface area (Å²) in [7, 11) is 1.48. The smallest absolute Gasteiger partial charge is 0.305 e. The van der Waals surface area contributed by atoms with E-state index in [1.54, 1.807) is 12.1 Å². The highest BCUT2D eigenvalue weighted by Crippen LogP contribution is 2.36. The van der Waals surface area contributed by atoms with Gasteiger partial charge in [-0.25, -0.2) is 4.98 Å². The van der Waals surface area contributed by atoms with Crippen molar-refractivity contribution in [3.63, 3.8) is 0 Å². The maximum Gasteiger partial charge on any atom is 0.305 e. The van der Waals surface area contributed by atoms with Crippen molar-refractivity contribution in [3.8, 4) is 0 Å². The number of anilines is 1. The maximum absolute atomic E-state index is 9.68. The number of methoxy groups -OCH3 is 1. The number of nitrogens with two attached hydrogens (primary N) is 2. The van der Waals surface area contributed by atoms with E-state index in [2.05, 4.69) is 9.64 Å². The average Bonchev–Trinajstić information content (AvgIpc) is 3.28. The molecular weight excluding hydrogens is 427 g/mol. The molecule has 0 aliphatic carbocycles. The van der Waals surface area contributed by atoms with E-state index >= 15 is 0 Å². The lowest BCUT2D eigenvalue weighted by molar-refractivity contribution is -0.137. The Morgan fingerprint density at radius 3 is 2.53 bits per heavy atom. The van der Waals surface area contributed by atoms with E-state index < -0.39 is 5.97 Å². The molecule has 1 aromatic carbocycles. The van der Waals surface area contributed by atoms with Gasteiger partial charge in [0.05, 0.1) is 28.6 Å². The summed E-state index contributed by atoms with van der Waals surface area (Å²) in [4.78, 5) is 16.7. The lowest BCUT2D eigenvalue weighted by Gasteiger charge is -2.19. The molecule has 9 heteroatoms. The Balaban J connectivity index is 0.000000396. The normalized spacial score (nSPS) is 14.2. The molecule has 0 radical (unpaired) electrons. The van der Waals surface area contributed by atoms with Crippen molar-refractivity contribution in [3.05, 3.63) is 52.3 Å². The largest absolute Gasteiger partial charge is 0.481 e. The Morgan fingerprint density at radius 2 is 2.00 bits per heavy atom. The van der Waals surface area contributed by atoms with Crippen LogP contribution in [-0.4, -0.2) is 42.9 Å². The van der Waals surface area contributed by atoms with Gasteiger partial charge in [0, 0.05) is 31.8 Å². The first-order valence-electron chi connectivity index (χ1n) is 9.47. The fraction of sp³-hybridized carbons (Fsp3) is 0.333. The van der Waals surface area contributed by atoms with Crippen LogP contribution in [0.3, 0.4) is 0 Å². The average molecular weight is 453 g/mol. The fourth-order valence-electron chi connectivity index (χ4n) is 3.10. The number of carboxylic acids is 1. The first kappa shape index (κ1) is 23.8. The van der Waals surface area contributed by atoms with E-state index in [4.69, 9.17) is 44.8 Å². The third-order valence-corrected chi connectivity index (χ3v) is 5.37. The molecule has 1 aromatic heterocycles. The van der Waals surface area contributed by atoms with Crippen molar-refractivity contribution in [1.29, 1.82) is 0 Å². The van der Waals surface area contributed by atoms with Gasteiger partial charge in [-0.2, -0.15) is 0 Å². The van der Waals surface area contributed by atoms with Crippen molar-refractivity contribution < 1.29 is 14.6 Å². The van der Waals surface area contributed by atoms with E-state index in [0.29, 0.717) is 22.2 Å². The van der Waals surface area contributed by atoms with Crippen LogP contribution in [0.2, 0.25) is 10.0 Å². The minimum absolute atomic E-state index is 0.0938. The Labute approximate surface area is 185 Å². The third kappa shape index (κ3) is 6.01. The van der Waals surface area contributed by atoms with Crippen molar-refractivity contribution in [1.82, 2.24) is 4.98 Å².